The average molecular weight is 104 g/mol. The van der Waals surface area contributed by atoms with Crippen LogP contribution in [-0.2, 0) is 0 Å². The zero-order chi connectivity index (χ0) is 4.99. The van der Waals surface area contributed by atoms with Gasteiger partial charge in [0, 0.05) is 0 Å². The van der Waals surface area contributed by atoms with Gasteiger partial charge in [-0.25, -0.2) is 0 Å². The maximum absolute atomic E-state index is 8.07. The van der Waals surface area contributed by atoms with E-state index in [-0.39, 0.29) is 7.92 Å². The molecule has 0 aromatic rings. The lowest BCUT2D eigenvalue weighted by Gasteiger charge is -1.87. The van der Waals surface area contributed by atoms with Gasteiger partial charge in [0.25, 0.3) is 0 Å². The minimum Gasteiger partial charge on any atom is -0.516 e. The van der Waals surface area contributed by atoms with Gasteiger partial charge in [-0.3, -0.25) is 0 Å². The van der Waals surface area contributed by atoms with E-state index in [4.69, 9.17) is 5.11 Å². The fraction of sp³-hybridized carbons (Fsp3) is 0.500. The van der Waals surface area contributed by atoms with Gasteiger partial charge in [-0.05, 0) is 19.1 Å². The number of aliphatic hydroxyl groups excluding tert-OH is 1. The number of hydrogen-bond acceptors (Lipinski definition) is 1. The molecule has 0 heterocycles. The molecule has 0 saturated heterocycles. The van der Waals surface area contributed by atoms with E-state index in [1.165, 1.54) is 0 Å². The number of hydrogen-bond donors (Lipinski definition) is 1. The second-order valence-corrected chi connectivity index (χ2v) is 3.49. The fourth-order valence-corrected chi connectivity index (χ4v) is 0.400. The lowest BCUT2D eigenvalue weighted by atomic mass is 11.2. The second-order valence-electron chi connectivity index (χ2n) is 1.26. The Kier molecular flexibility index (Phi) is 3.16. The molecule has 0 radical (unpaired) electrons. The van der Waals surface area contributed by atoms with Gasteiger partial charge in [-0.2, -0.15) is 0 Å². The lowest BCUT2D eigenvalue weighted by molar-refractivity contribution is 0.475. The molecule has 1 N–H and O–H groups in total. The van der Waals surface area contributed by atoms with Crippen LogP contribution < -0.4 is 0 Å². The molecule has 0 aliphatic heterocycles. The van der Waals surface area contributed by atoms with Crippen LogP contribution in [0.25, 0.3) is 0 Å². The van der Waals surface area contributed by atoms with Crippen LogP contribution in [0.2, 0.25) is 0 Å². The van der Waals surface area contributed by atoms with E-state index in [1.807, 2.05) is 0 Å². The van der Waals surface area contributed by atoms with Crippen LogP contribution in [0.15, 0.2) is 12.1 Å². The molecule has 0 unspecified atom stereocenters. The van der Waals surface area contributed by atoms with Crippen molar-refractivity contribution in [2.24, 2.45) is 0 Å². The van der Waals surface area contributed by atoms with Crippen molar-refractivity contribution in [3.63, 3.8) is 0 Å². The summed E-state index contributed by atoms with van der Waals surface area (Å²) < 4.78 is 0. The zero-order valence-corrected chi connectivity index (χ0v) is 4.94. The van der Waals surface area contributed by atoms with Crippen molar-refractivity contribution in [2.75, 3.05) is 13.3 Å². The molecule has 0 aliphatic rings. The Balaban J connectivity index is 3.03. The fourth-order valence-electron chi connectivity index (χ4n) is 0.133. The highest BCUT2D eigenvalue weighted by Crippen LogP contribution is 2.24. The van der Waals surface area contributed by atoms with Gasteiger partial charge in [0.2, 0.25) is 0 Å². The van der Waals surface area contributed by atoms with Gasteiger partial charge >= 0.3 is 0 Å². The molecule has 0 fully saturated rings. The molecule has 6 heavy (non-hydrogen) atoms. The summed E-state index contributed by atoms with van der Waals surface area (Å²) in [4.78, 5) is 0. The van der Waals surface area contributed by atoms with Gasteiger partial charge in [-0.15, -0.1) is 0 Å². The van der Waals surface area contributed by atoms with Crippen molar-refractivity contribution < 1.29 is 5.11 Å². The molecule has 36 valence electrons. The van der Waals surface area contributed by atoms with Gasteiger partial charge in [0.1, 0.15) is 0 Å². The third-order valence-corrected chi connectivity index (χ3v) is 1.09. The first-order valence-electron chi connectivity index (χ1n) is 1.74. The molecule has 0 rings (SSSR count). The normalized spacial score (nSPS) is 11.2. The number of aliphatic hydroxyl groups is 1. The van der Waals surface area contributed by atoms with E-state index in [2.05, 4.69) is 13.3 Å². The van der Waals surface area contributed by atoms with Crippen LogP contribution >= 0.6 is 7.92 Å². The first-order valence-corrected chi connectivity index (χ1v) is 4.05. The zero-order valence-electron chi connectivity index (χ0n) is 4.05. The summed E-state index contributed by atoms with van der Waals surface area (Å²) in [7, 11) is -0.0311. The topological polar surface area (TPSA) is 20.2 Å². The van der Waals surface area contributed by atoms with Crippen molar-refractivity contribution in [3.05, 3.63) is 12.1 Å². The van der Waals surface area contributed by atoms with Crippen LogP contribution in [0, 0.1) is 0 Å². The summed E-state index contributed by atoms with van der Waals surface area (Å²) in [6.07, 6.45) is 1.10. The predicted octanol–water partition coefficient (Wildman–Crippen LogP) is 1.76. The van der Waals surface area contributed by atoms with E-state index >= 15 is 0 Å². The van der Waals surface area contributed by atoms with Crippen molar-refractivity contribution in [1.29, 1.82) is 0 Å². The smallest absolute Gasteiger partial charge is 0.0796 e. The largest absolute Gasteiger partial charge is 0.516 e. The third-order valence-electron chi connectivity index (χ3n) is 0.365. The van der Waals surface area contributed by atoms with Crippen LogP contribution in [0.3, 0.4) is 0 Å². The molecule has 0 amide bonds. The molecular weight excluding hydrogens is 95.0 g/mol. The van der Waals surface area contributed by atoms with E-state index in [9.17, 15) is 0 Å². The lowest BCUT2D eigenvalue weighted by Crippen LogP contribution is -1.53. The Labute approximate surface area is 39.4 Å². The molecule has 0 aromatic carbocycles. The highest BCUT2D eigenvalue weighted by atomic mass is 31.1. The summed E-state index contributed by atoms with van der Waals surface area (Å²) >= 11 is 0. The summed E-state index contributed by atoms with van der Waals surface area (Å²) in [5.41, 5.74) is 0. The van der Waals surface area contributed by atoms with Gasteiger partial charge in [-0.1, -0.05) is 7.92 Å². The molecule has 2 heteroatoms. The van der Waals surface area contributed by atoms with Crippen molar-refractivity contribution in [3.8, 4) is 0 Å². The highest BCUT2D eigenvalue weighted by molar-refractivity contribution is 7.59. The Bertz CT molecular complexity index is 49.5. The molecule has 0 saturated carbocycles. The van der Waals surface area contributed by atoms with Crippen LogP contribution in [0.4, 0.5) is 0 Å². The van der Waals surface area contributed by atoms with Gasteiger partial charge in [0.15, 0.2) is 0 Å². The summed E-state index contributed by atoms with van der Waals surface area (Å²) in [6.45, 7) is 4.14. The first kappa shape index (κ1) is 5.97. The Morgan fingerprint density at radius 2 is 2.00 bits per heavy atom. The monoisotopic (exact) mass is 104 g/mol. The average Bonchev–Trinajstić information content (AvgIpc) is 1.35. The van der Waals surface area contributed by atoms with E-state index in [1.54, 1.807) is 5.82 Å². The highest BCUT2D eigenvalue weighted by Gasteiger charge is 1.76. The SMILES string of the molecule is CP(C)/C=C\O. The Morgan fingerprint density at radius 1 is 1.50 bits per heavy atom. The molecule has 1 nitrogen and oxygen atoms in total. The van der Waals surface area contributed by atoms with E-state index in [0.717, 1.165) is 6.26 Å². The quantitative estimate of drug-likeness (QED) is 0.397. The van der Waals surface area contributed by atoms with Gasteiger partial charge in [0.05, 0.1) is 6.26 Å². The van der Waals surface area contributed by atoms with E-state index < -0.39 is 0 Å². The predicted molar refractivity (Wildman–Crippen MR) is 30.5 cm³/mol. The second kappa shape index (κ2) is 3.17. The first-order chi connectivity index (χ1) is 2.77. The molecule has 0 aliphatic carbocycles. The molecule has 0 spiro atoms. The van der Waals surface area contributed by atoms with Gasteiger partial charge < -0.3 is 5.11 Å². The van der Waals surface area contributed by atoms with Crippen LogP contribution in [0.1, 0.15) is 0 Å². The number of rotatable bonds is 1. The summed E-state index contributed by atoms with van der Waals surface area (Å²) in [6, 6.07) is 0. The molecular formula is C4H9OP. The van der Waals surface area contributed by atoms with Crippen LogP contribution in [-0.4, -0.2) is 18.4 Å². The summed E-state index contributed by atoms with van der Waals surface area (Å²) in [5, 5.41) is 8.07. The minimum atomic E-state index is -0.0311. The third kappa shape index (κ3) is 3.97. The van der Waals surface area contributed by atoms with Crippen molar-refractivity contribution in [1.82, 2.24) is 0 Å². The maximum atomic E-state index is 8.07. The molecule has 0 atom stereocenters. The molecule has 0 aromatic heterocycles. The van der Waals surface area contributed by atoms with Crippen LogP contribution in [0.5, 0.6) is 0 Å². The van der Waals surface area contributed by atoms with Crippen molar-refractivity contribution in [2.45, 2.75) is 0 Å². The Hall–Kier alpha value is -0.0300. The molecule has 0 bridgehead atoms. The van der Waals surface area contributed by atoms with E-state index in [0.29, 0.717) is 0 Å². The standard InChI is InChI=1S/C4H9OP/c1-6(2)4-3-5/h3-5H,1-2H3/b4-3-. The summed E-state index contributed by atoms with van der Waals surface area (Å²) in [5.74, 6) is 1.79. The Morgan fingerprint density at radius 3 is 2.00 bits per heavy atom. The van der Waals surface area contributed by atoms with Crippen molar-refractivity contribution >= 4 is 7.92 Å². The minimum absolute atomic E-state index is 0.0311. The maximum Gasteiger partial charge on any atom is 0.0796 e.